The van der Waals surface area contributed by atoms with Gasteiger partial charge >= 0.3 is 0 Å². The number of sulfonamides is 1. The maximum Gasteiger partial charge on any atom is 0.251 e. The van der Waals surface area contributed by atoms with Crippen LogP contribution in [0.4, 0.5) is 0 Å². The number of carbonyl (C=O) groups is 1. The quantitative estimate of drug-likeness (QED) is 0.845. The van der Waals surface area contributed by atoms with Crippen LogP contribution in [-0.2, 0) is 10.0 Å². The van der Waals surface area contributed by atoms with Crippen molar-refractivity contribution in [2.45, 2.75) is 30.7 Å². The summed E-state index contributed by atoms with van der Waals surface area (Å²) in [6.45, 7) is 2.96. The molecule has 1 fully saturated rings. The van der Waals surface area contributed by atoms with Crippen LogP contribution in [0, 0.1) is 0 Å². The molecule has 1 aliphatic heterocycles. The number of halogens is 1. The molecule has 2 aromatic rings. The van der Waals surface area contributed by atoms with Gasteiger partial charge in [-0.15, -0.1) is 0 Å². The Morgan fingerprint density at radius 1 is 1.08 bits per heavy atom. The van der Waals surface area contributed by atoms with E-state index in [4.69, 9.17) is 11.6 Å². The van der Waals surface area contributed by atoms with Gasteiger partial charge in [0.1, 0.15) is 0 Å². The summed E-state index contributed by atoms with van der Waals surface area (Å²) in [6.07, 6.45) is 1.78. The topological polar surface area (TPSA) is 66.5 Å². The average Bonchev–Trinajstić information content (AvgIpc) is 3.17. The molecule has 138 valence electrons. The van der Waals surface area contributed by atoms with Crippen molar-refractivity contribution in [2.75, 3.05) is 13.1 Å². The van der Waals surface area contributed by atoms with Crippen molar-refractivity contribution in [2.24, 2.45) is 0 Å². The molecule has 0 spiro atoms. The van der Waals surface area contributed by atoms with Crippen LogP contribution >= 0.6 is 11.6 Å². The first-order valence-corrected chi connectivity index (χ1v) is 10.4. The lowest BCUT2D eigenvalue weighted by Gasteiger charge is -2.17. The van der Waals surface area contributed by atoms with E-state index in [-0.39, 0.29) is 16.8 Å². The molecule has 1 unspecified atom stereocenters. The number of rotatable bonds is 5. The molecule has 2 aromatic carbocycles. The summed E-state index contributed by atoms with van der Waals surface area (Å²) < 4.78 is 26.5. The summed E-state index contributed by atoms with van der Waals surface area (Å²) in [5.41, 5.74) is 1.24. The Kier molecular flexibility index (Phi) is 5.65. The van der Waals surface area contributed by atoms with E-state index in [1.54, 1.807) is 6.07 Å². The predicted octanol–water partition coefficient (Wildman–Crippen LogP) is 3.62. The van der Waals surface area contributed by atoms with Crippen LogP contribution in [0.25, 0.3) is 0 Å². The van der Waals surface area contributed by atoms with E-state index < -0.39 is 10.0 Å². The highest BCUT2D eigenvalue weighted by atomic mass is 35.5. The molecule has 1 atom stereocenters. The van der Waals surface area contributed by atoms with Crippen molar-refractivity contribution in [1.82, 2.24) is 9.62 Å². The minimum absolute atomic E-state index is 0.218. The normalized spacial score (nSPS) is 16.4. The number of benzene rings is 2. The zero-order valence-electron chi connectivity index (χ0n) is 14.5. The van der Waals surface area contributed by atoms with Crippen LogP contribution in [-0.4, -0.2) is 31.7 Å². The Balaban J connectivity index is 1.72. The molecular weight excluding hydrogens is 372 g/mol. The van der Waals surface area contributed by atoms with Crippen molar-refractivity contribution in [3.8, 4) is 0 Å². The van der Waals surface area contributed by atoms with Gasteiger partial charge in [0, 0.05) is 23.7 Å². The highest BCUT2D eigenvalue weighted by Crippen LogP contribution is 2.23. The molecule has 1 N–H and O–H groups in total. The largest absolute Gasteiger partial charge is 0.345 e. The van der Waals surface area contributed by atoms with Gasteiger partial charge in [0.25, 0.3) is 5.91 Å². The van der Waals surface area contributed by atoms with Crippen molar-refractivity contribution in [1.29, 1.82) is 0 Å². The zero-order valence-corrected chi connectivity index (χ0v) is 16.1. The second-order valence-electron chi connectivity index (χ2n) is 6.35. The fourth-order valence-electron chi connectivity index (χ4n) is 3.04. The lowest BCUT2D eigenvalue weighted by molar-refractivity contribution is 0.0940. The highest BCUT2D eigenvalue weighted by Gasteiger charge is 2.27. The van der Waals surface area contributed by atoms with Gasteiger partial charge in [0.05, 0.1) is 10.9 Å². The monoisotopic (exact) mass is 392 g/mol. The van der Waals surface area contributed by atoms with E-state index in [0.29, 0.717) is 23.7 Å². The fraction of sp³-hybridized carbons (Fsp3) is 0.316. The first-order valence-electron chi connectivity index (χ1n) is 8.55. The number of hydrogen-bond donors (Lipinski definition) is 1. The predicted molar refractivity (Wildman–Crippen MR) is 102 cm³/mol. The van der Waals surface area contributed by atoms with E-state index >= 15 is 0 Å². The van der Waals surface area contributed by atoms with Crippen LogP contribution in [0.3, 0.4) is 0 Å². The lowest BCUT2D eigenvalue weighted by Crippen LogP contribution is -2.28. The third kappa shape index (κ3) is 3.92. The summed E-state index contributed by atoms with van der Waals surface area (Å²) in [5.74, 6) is -0.275. The van der Waals surface area contributed by atoms with Crippen molar-refractivity contribution < 1.29 is 13.2 Å². The van der Waals surface area contributed by atoms with Crippen LogP contribution in [0.5, 0.6) is 0 Å². The van der Waals surface area contributed by atoms with E-state index in [0.717, 1.165) is 18.4 Å². The van der Waals surface area contributed by atoms with E-state index in [9.17, 15) is 13.2 Å². The van der Waals surface area contributed by atoms with E-state index in [1.807, 2.05) is 25.1 Å². The summed E-state index contributed by atoms with van der Waals surface area (Å²) >= 11 is 6.16. The first-order chi connectivity index (χ1) is 12.4. The maximum atomic E-state index is 12.5. The highest BCUT2D eigenvalue weighted by molar-refractivity contribution is 7.89. The summed E-state index contributed by atoms with van der Waals surface area (Å²) in [5, 5.41) is 3.47. The molecule has 1 aliphatic rings. The molecule has 1 amide bonds. The molecule has 0 aliphatic carbocycles. The number of nitrogens with zero attached hydrogens (tertiary/aromatic N) is 1. The standard InChI is InChI=1S/C19H21ClN2O3S/c1-14(17-6-2-3-7-18(17)20)21-19(23)15-8-10-16(11-9-15)26(24,25)22-12-4-5-13-22/h2-3,6-11,14H,4-5,12-13H2,1H3,(H,21,23). The Bertz CT molecular complexity index is 891. The lowest BCUT2D eigenvalue weighted by atomic mass is 10.1. The summed E-state index contributed by atoms with van der Waals surface area (Å²) in [4.78, 5) is 12.7. The van der Waals surface area contributed by atoms with E-state index in [1.165, 1.54) is 28.6 Å². The Morgan fingerprint density at radius 2 is 1.69 bits per heavy atom. The molecule has 0 radical (unpaired) electrons. The third-order valence-electron chi connectivity index (χ3n) is 4.54. The third-order valence-corrected chi connectivity index (χ3v) is 6.80. The van der Waals surface area contributed by atoms with Gasteiger partial charge in [-0.05, 0) is 55.7 Å². The van der Waals surface area contributed by atoms with Gasteiger partial charge in [-0.1, -0.05) is 29.8 Å². The van der Waals surface area contributed by atoms with Gasteiger partial charge in [0.15, 0.2) is 0 Å². The molecule has 1 heterocycles. The number of nitrogens with one attached hydrogen (secondary N) is 1. The van der Waals surface area contributed by atoms with Crippen molar-refractivity contribution >= 4 is 27.5 Å². The van der Waals surface area contributed by atoms with Gasteiger partial charge < -0.3 is 5.32 Å². The van der Waals surface area contributed by atoms with Gasteiger partial charge in [-0.3, -0.25) is 4.79 Å². The second kappa shape index (κ2) is 7.78. The SMILES string of the molecule is CC(NC(=O)c1ccc(S(=O)(=O)N2CCCC2)cc1)c1ccccc1Cl. The number of hydrogen-bond acceptors (Lipinski definition) is 3. The molecule has 3 rings (SSSR count). The molecular formula is C19H21ClN2O3S. The summed E-state index contributed by atoms with van der Waals surface area (Å²) in [6, 6.07) is 13.1. The average molecular weight is 393 g/mol. The van der Waals surface area contributed by atoms with Crippen LogP contribution < -0.4 is 5.32 Å². The van der Waals surface area contributed by atoms with Crippen LogP contribution in [0.2, 0.25) is 5.02 Å². The Morgan fingerprint density at radius 3 is 2.31 bits per heavy atom. The molecule has 5 nitrogen and oxygen atoms in total. The summed E-state index contributed by atoms with van der Waals surface area (Å²) in [7, 11) is -3.47. The first kappa shape index (κ1) is 18.9. The van der Waals surface area contributed by atoms with Crippen LogP contribution in [0.15, 0.2) is 53.4 Å². The van der Waals surface area contributed by atoms with Gasteiger partial charge in [-0.25, -0.2) is 8.42 Å². The molecule has 1 saturated heterocycles. The number of amides is 1. The maximum absolute atomic E-state index is 12.5. The molecule has 7 heteroatoms. The Labute approximate surface area is 159 Å². The zero-order chi connectivity index (χ0) is 18.7. The van der Waals surface area contributed by atoms with Crippen molar-refractivity contribution in [3.05, 3.63) is 64.7 Å². The molecule has 0 aromatic heterocycles. The fourth-order valence-corrected chi connectivity index (χ4v) is 4.86. The Hall–Kier alpha value is -1.89. The van der Waals surface area contributed by atoms with Gasteiger partial charge in [-0.2, -0.15) is 4.31 Å². The smallest absolute Gasteiger partial charge is 0.251 e. The van der Waals surface area contributed by atoms with Crippen LogP contribution in [0.1, 0.15) is 41.7 Å². The van der Waals surface area contributed by atoms with Gasteiger partial charge in [0.2, 0.25) is 10.0 Å². The minimum atomic E-state index is -3.47. The van der Waals surface area contributed by atoms with Crippen molar-refractivity contribution in [3.63, 3.8) is 0 Å². The molecule has 26 heavy (non-hydrogen) atoms. The second-order valence-corrected chi connectivity index (χ2v) is 8.70. The molecule has 0 saturated carbocycles. The number of carbonyl (C=O) groups excluding carboxylic acids is 1. The molecule has 0 bridgehead atoms. The minimum Gasteiger partial charge on any atom is -0.345 e. The van der Waals surface area contributed by atoms with E-state index in [2.05, 4.69) is 5.32 Å².